The van der Waals surface area contributed by atoms with Crippen molar-refractivity contribution in [3.63, 3.8) is 0 Å². The molecule has 1 aliphatic rings. The van der Waals surface area contributed by atoms with Gasteiger partial charge in [0, 0.05) is 34.7 Å². The van der Waals surface area contributed by atoms with E-state index >= 15 is 0 Å². The Labute approximate surface area is 171 Å². The van der Waals surface area contributed by atoms with Crippen LogP contribution in [0.3, 0.4) is 0 Å². The van der Waals surface area contributed by atoms with Crippen molar-refractivity contribution in [1.29, 1.82) is 0 Å². The van der Waals surface area contributed by atoms with Crippen molar-refractivity contribution in [3.05, 3.63) is 48.0 Å². The quantitative estimate of drug-likeness (QED) is 0.741. The maximum absolute atomic E-state index is 13.2. The number of rotatable bonds is 5. The van der Waals surface area contributed by atoms with E-state index in [1.807, 2.05) is 6.92 Å². The van der Waals surface area contributed by atoms with E-state index in [-0.39, 0.29) is 28.2 Å². The van der Waals surface area contributed by atoms with Gasteiger partial charge in [-0.1, -0.05) is 6.92 Å². The predicted octanol–water partition coefficient (Wildman–Crippen LogP) is 3.59. The van der Waals surface area contributed by atoms with Crippen LogP contribution in [0.25, 0.3) is 0 Å². The van der Waals surface area contributed by atoms with Gasteiger partial charge in [-0.2, -0.15) is 0 Å². The normalized spacial score (nSPS) is 16.5. The average Bonchev–Trinajstić information content (AvgIpc) is 2.78. The van der Waals surface area contributed by atoms with Gasteiger partial charge in [-0.05, 0) is 30.3 Å². The lowest BCUT2D eigenvalue weighted by Gasteiger charge is -2.11. The lowest BCUT2D eigenvalue weighted by molar-refractivity contribution is -0.116. The number of amides is 2. The van der Waals surface area contributed by atoms with E-state index in [0.717, 1.165) is 17.0 Å². The number of nitrogens with one attached hydrogen (secondary N) is 2. The number of sulfone groups is 1. The fraction of sp³-hybridized carbons (Fsp3) is 0.263. The molecule has 1 unspecified atom stereocenters. The highest BCUT2D eigenvalue weighted by Gasteiger charge is 2.23. The van der Waals surface area contributed by atoms with Crippen molar-refractivity contribution in [2.45, 2.75) is 34.8 Å². The third-order valence-corrected chi connectivity index (χ3v) is 7.08. The van der Waals surface area contributed by atoms with Gasteiger partial charge in [-0.25, -0.2) is 17.2 Å². The Morgan fingerprint density at radius 2 is 1.97 bits per heavy atom. The number of carbonyl (C=O) groups excluding carboxylic acids is 2. The number of carbonyl (C=O) groups is 2. The second kappa shape index (κ2) is 8.50. The first kappa shape index (κ1) is 21.3. The Bertz CT molecular complexity index is 1070. The van der Waals surface area contributed by atoms with Crippen LogP contribution < -0.4 is 10.6 Å². The standard InChI is InChI=1S/C19H18F2N2O4S2/c1-11-8-19(25)23-16-10-13(3-5-17(16)28-11)29(26,27)7-6-18(24)22-12-2-4-14(20)15(21)9-12/h2-5,9-11H,6-8H2,1H3,(H,22,24)(H,23,25). The van der Waals surface area contributed by atoms with Crippen LogP contribution in [0.15, 0.2) is 46.2 Å². The third kappa shape index (κ3) is 5.33. The molecule has 0 aromatic heterocycles. The number of anilines is 2. The fourth-order valence-corrected chi connectivity index (χ4v) is 5.08. The van der Waals surface area contributed by atoms with Gasteiger partial charge in [-0.3, -0.25) is 9.59 Å². The van der Waals surface area contributed by atoms with E-state index in [4.69, 9.17) is 0 Å². The molecule has 0 aliphatic carbocycles. The van der Waals surface area contributed by atoms with Crippen LogP contribution in [0, 0.1) is 11.6 Å². The summed E-state index contributed by atoms with van der Waals surface area (Å²) in [5, 5.41) is 5.10. The summed E-state index contributed by atoms with van der Waals surface area (Å²) in [6, 6.07) is 7.33. The van der Waals surface area contributed by atoms with Gasteiger partial charge >= 0.3 is 0 Å². The van der Waals surface area contributed by atoms with E-state index in [0.29, 0.717) is 12.1 Å². The molecule has 29 heavy (non-hydrogen) atoms. The lowest BCUT2D eigenvalue weighted by Crippen LogP contribution is -2.18. The molecule has 0 fully saturated rings. The Kier molecular flexibility index (Phi) is 6.23. The smallest absolute Gasteiger partial charge is 0.225 e. The van der Waals surface area contributed by atoms with Gasteiger partial charge in [0.1, 0.15) is 0 Å². The van der Waals surface area contributed by atoms with Crippen molar-refractivity contribution in [2.75, 3.05) is 16.4 Å². The highest BCUT2D eigenvalue weighted by atomic mass is 32.2. The minimum absolute atomic E-state index is 0.00710. The largest absolute Gasteiger partial charge is 0.326 e. The molecule has 3 rings (SSSR count). The molecule has 0 bridgehead atoms. The molecule has 6 nitrogen and oxygen atoms in total. The molecule has 1 heterocycles. The molecule has 2 amide bonds. The van der Waals surface area contributed by atoms with E-state index in [1.54, 1.807) is 6.07 Å². The molecule has 10 heteroatoms. The van der Waals surface area contributed by atoms with E-state index in [9.17, 15) is 26.8 Å². The molecule has 2 N–H and O–H groups in total. The maximum atomic E-state index is 13.2. The Balaban J connectivity index is 1.68. The maximum Gasteiger partial charge on any atom is 0.225 e. The molecule has 0 radical (unpaired) electrons. The number of halogens is 2. The molecule has 2 aromatic carbocycles. The first-order valence-electron chi connectivity index (χ1n) is 8.72. The number of thioether (sulfide) groups is 1. The summed E-state index contributed by atoms with van der Waals surface area (Å²) in [5.41, 5.74) is 0.460. The van der Waals surface area contributed by atoms with Crippen LogP contribution in [-0.2, 0) is 19.4 Å². The van der Waals surface area contributed by atoms with E-state index < -0.39 is 33.1 Å². The number of hydrogen-bond donors (Lipinski definition) is 2. The van der Waals surface area contributed by atoms with Crippen molar-refractivity contribution < 1.29 is 26.8 Å². The van der Waals surface area contributed by atoms with Crippen LogP contribution in [0.4, 0.5) is 20.2 Å². The monoisotopic (exact) mass is 440 g/mol. The topological polar surface area (TPSA) is 92.3 Å². The summed E-state index contributed by atoms with van der Waals surface area (Å²) in [6.07, 6.45) is -0.0395. The van der Waals surface area contributed by atoms with Crippen molar-refractivity contribution in [3.8, 4) is 0 Å². The molecule has 154 valence electrons. The second-order valence-corrected chi connectivity index (χ2v) is 10.2. The number of benzene rings is 2. The zero-order valence-electron chi connectivity index (χ0n) is 15.4. The Morgan fingerprint density at radius 3 is 2.69 bits per heavy atom. The number of fused-ring (bicyclic) bond motifs is 1. The van der Waals surface area contributed by atoms with E-state index in [2.05, 4.69) is 10.6 Å². The first-order chi connectivity index (χ1) is 13.6. The summed E-state index contributed by atoms with van der Waals surface area (Å²) in [7, 11) is -3.79. The van der Waals surface area contributed by atoms with Crippen LogP contribution in [-0.4, -0.2) is 31.2 Å². The first-order valence-corrected chi connectivity index (χ1v) is 11.3. The Morgan fingerprint density at radius 1 is 1.21 bits per heavy atom. The zero-order valence-corrected chi connectivity index (χ0v) is 17.0. The van der Waals surface area contributed by atoms with Crippen LogP contribution >= 0.6 is 11.8 Å². The molecule has 1 atom stereocenters. The summed E-state index contributed by atoms with van der Waals surface area (Å²) < 4.78 is 51.3. The van der Waals surface area contributed by atoms with Crippen LogP contribution in [0.2, 0.25) is 0 Å². The summed E-state index contributed by atoms with van der Waals surface area (Å²) in [5.74, 6) is -3.47. The van der Waals surface area contributed by atoms with Crippen LogP contribution in [0.5, 0.6) is 0 Å². The summed E-state index contributed by atoms with van der Waals surface area (Å²) >= 11 is 1.48. The van der Waals surface area contributed by atoms with Gasteiger partial charge in [0.05, 0.1) is 16.3 Å². The molecule has 1 aliphatic heterocycles. The van der Waals surface area contributed by atoms with Crippen molar-refractivity contribution in [2.24, 2.45) is 0 Å². The van der Waals surface area contributed by atoms with E-state index in [1.165, 1.54) is 30.0 Å². The van der Waals surface area contributed by atoms with Gasteiger partial charge in [0.15, 0.2) is 21.5 Å². The Hall–Kier alpha value is -2.46. The predicted molar refractivity (Wildman–Crippen MR) is 107 cm³/mol. The van der Waals surface area contributed by atoms with Gasteiger partial charge in [0.25, 0.3) is 0 Å². The van der Waals surface area contributed by atoms with Crippen molar-refractivity contribution in [1.82, 2.24) is 0 Å². The third-order valence-electron chi connectivity index (χ3n) is 4.19. The molecule has 0 spiro atoms. The number of hydrogen-bond acceptors (Lipinski definition) is 5. The van der Waals surface area contributed by atoms with Gasteiger partial charge in [-0.15, -0.1) is 11.8 Å². The van der Waals surface area contributed by atoms with Gasteiger partial charge < -0.3 is 10.6 Å². The average molecular weight is 440 g/mol. The second-order valence-electron chi connectivity index (χ2n) is 6.58. The molecule has 2 aromatic rings. The molecular formula is C19H18F2N2O4S2. The fourth-order valence-electron chi connectivity index (χ4n) is 2.77. The van der Waals surface area contributed by atoms with Crippen LogP contribution in [0.1, 0.15) is 19.8 Å². The zero-order chi connectivity index (χ0) is 21.2. The highest BCUT2D eigenvalue weighted by Crippen LogP contribution is 2.36. The molecule has 0 saturated heterocycles. The highest BCUT2D eigenvalue weighted by molar-refractivity contribution is 8.00. The minimum Gasteiger partial charge on any atom is -0.326 e. The molecule has 0 saturated carbocycles. The van der Waals surface area contributed by atoms with Gasteiger partial charge in [0.2, 0.25) is 11.8 Å². The lowest BCUT2D eigenvalue weighted by atomic mass is 10.3. The SMILES string of the molecule is CC1CC(=O)Nc2cc(S(=O)(=O)CCC(=O)Nc3ccc(F)c(F)c3)ccc2S1. The molecular weight excluding hydrogens is 422 g/mol. The van der Waals surface area contributed by atoms with Crippen molar-refractivity contribution >= 4 is 44.8 Å². The minimum atomic E-state index is -3.79. The summed E-state index contributed by atoms with van der Waals surface area (Å²) in [4.78, 5) is 24.6. The summed E-state index contributed by atoms with van der Waals surface area (Å²) in [6.45, 7) is 1.91.